The third-order valence-corrected chi connectivity index (χ3v) is 2.66. The third kappa shape index (κ3) is 3.47. The summed E-state index contributed by atoms with van der Waals surface area (Å²) in [6, 6.07) is 5.75. The summed E-state index contributed by atoms with van der Waals surface area (Å²) in [7, 11) is 0. The van der Waals surface area contributed by atoms with Gasteiger partial charge in [-0.05, 0) is 39.8 Å². The van der Waals surface area contributed by atoms with Crippen molar-refractivity contribution in [2.75, 3.05) is 11.9 Å². The zero-order valence-electron chi connectivity index (χ0n) is 11.7. The summed E-state index contributed by atoms with van der Waals surface area (Å²) in [5.41, 5.74) is 0. The van der Waals surface area contributed by atoms with Gasteiger partial charge in [0.05, 0.1) is 12.6 Å². The summed E-state index contributed by atoms with van der Waals surface area (Å²) < 4.78 is 11.0. The second kappa shape index (κ2) is 5.73. The van der Waals surface area contributed by atoms with Crippen LogP contribution in [-0.4, -0.2) is 16.6 Å². The Kier molecular flexibility index (Phi) is 4.04. The highest BCUT2D eigenvalue weighted by Gasteiger charge is 2.11. The molecule has 0 bridgehead atoms. The first kappa shape index (κ1) is 13.4. The number of rotatable bonds is 5. The van der Waals surface area contributed by atoms with E-state index in [2.05, 4.69) is 15.3 Å². The molecule has 0 aliphatic carbocycles. The standard InChI is InChI=1S/C14H19N3O2/c1-5-18-14-8-13(16-11(4)17-14)15-10(3)12-7-6-9(2)19-12/h6-8,10H,5H2,1-4H3,(H,15,16,17). The smallest absolute Gasteiger partial charge is 0.218 e. The Bertz CT molecular complexity index is 551. The van der Waals surface area contributed by atoms with Crippen LogP contribution < -0.4 is 10.1 Å². The number of nitrogens with one attached hydrogen (secondary N) is 1. The highest BCUT2D eigenvalue weighted by Crippen LogP contribution is 2.21. The van der Waals surface area contributed by atoms with Gasteiger partial charge in [-0.2, -0.15) is 4.98 Å². The molecule has 1 N–H and O–H groups in total. The van der Waals surface area contributed by atoms with E-state index in [4.69, 9.17) is 9.15 Å². The molecule has 102 valence electrons. The summed E-state index contributed by atoms with van der Waals surface area (Å²) in [4.78, 5) is 8.56. The number of hydrogen-bond donors (Lipinski definition) is 1. The second-order valence-electron chi connectivity index (χ2n) is 4.39. The molecule has 5 nitrogen and oxygen atoms in total. The Morgan fingerprint density at radius 3 is 2.74 bits per heavy atom. The topological polar surface area (TPSA) is 60.2 Å². The van der Waals surface area contributed by atoms with E-state index in [0.29, 0.717) is 18.3 Å². The molecule has 5 heteroatoms. The van der Waals surface area contributed by atoms with Crippen molar-refractivity contribution in [3.05, 3.63) is 35.5 Å². The first-order valence-corrected chi connectivity index (χ1v) is 6.40. The molecule has 0 aliphatic heterocycles. The van der Waals surface area contributed by atoms with Crippen molar-refractivity contribution in [3.8, 4) is 5.88 Å². The Labute approximate surface area is 113 Å². The molecular formula is C14H19N3O2. The molecule has 1 atom stereocenters. The average molecular weight is 261 g/mol. The fourth-order valence-electron chi connectivity index (χ4n) is 1.82. The van der Waals surface area contributed by atoms with Crippen molar-refractivity contribution in [3.63, 3.8) is 0 Å². The third-order valence-electron chi connectivity index (χ3n) is 2.66. The molecule has 2 heterocycles. The number of ether oxygens (including phenoxy) is 1. The normalized spacial score (nSPS) is 12.2. The summed E-state index contributed by atoms with van der Waals surface area (Å²) in [6.07, 6.45) is 0. The number of nitrogens with zero attached hydrogens (tertiary/aromatic N) is 2. The summed E-state index contributed by atoms with van der Waals surface area (Å²) in [5.74, 6) is 3.78. The molecule has 0 saturated heterocycles. The van der Waals surface area contributed by atoms with Crippen LogP contribution in [0.4, 0.5) is 5.82 Å². The lowest BCUT2D eigenvalue weighted by Crippen LogP contribution is -2.09. The number of anilines is 1. The zero-order chi connectivity index (χ0) is 13.8. The van der Waals surface area contributed by atoms with Gasteiger partial charge < -0.3 is 14.5 Å². The van der Waals surface area contributed by atoms with E-state index in [1.165, 1.54) is 0 Å². The van der Waals surface area contributed by atoms with Crippen LogP contribution in [0, 0.1) is 13.8 Å². The van der Waals surface area contributed by atoms with Crippen molar-refractivity contribution in [2.24, 2.45) is 0 Å². The van der Waals surface area contributed by atoms with Crippen LogP contribution in [-0.2, 0) is 0 Å². The molecule has 1 unspecified atom stereocenters. The lowest BCUT2D eigenvalue weighted by Gasteiger charge is -2.13. The van der Waals surface area contributed by atoms with Crippen LogP contribution in [0.1, 0.15) is 37.2 Å². The zero-order valence-corrected chi connectivity index (χ0v) is 11.7. The molecule has 0 aromatic carbocycles. The number of aromatic nitrogens is 2. The van der Waals surface area contributed by atoms with Crippen LogP contribution >= 0.6 is 0 Å². The largest absolute Gasteiger partial charge is 0.478 e. The molecule has 0 amide bonds. The van der Waals surface area contributed by atoms with E-state index in [-0.39, 0.29) is 6.04 Å². The maximum Gasteiger partial charge on any atom is 0.218 e. The van der Waals surface area contributed by atoms with Gasteiger partial charge >= 0.3 is 0 Å². The van der Waals surface area contributed by atoms with Gasteiger partial charge in [-0.1, -0.05) is 0 Å². The fraction of sp³-hybridized carbons (Fsp3) is 0.429. The Hall–Kier alpha value is -2.04. The molecular weight excluding hydrogens is 242 g/mol. The maximum absolute atomic E-state index is 5.59. The van der Waals surface area contributed by atoms with Crippen molar-refractivity contribution in [2.45, 2.75) is 33.7 Å². The Morgan fingerprint density at radius 2 is 2.11 bits per heavy atom. The van der Waals surface area contributed by atoms with Crippen molar-refractivity contribution in [1.82, 2.24) is 9.97 Å². The van der Waals surface area contributed by atoms with Gasteiger partial charge in [0, 0.05) is 6.07 Å². The number of hydrogen-bond acceptors (Lipinski definition) is 5. The van der Waals surface area contributed by atoms with Gasteiger partial charge in [0.1, 0.15) is 23.2 Å². The van der Waals surface area contributed by atoms with E-state index < -0.39 is 0 Å². The molecule has 0 radical (unpaired) electrons. The van der Waals surface area contributed by atoms with Crippen LogP contribution in [0.25, 0.3) is 0 Å². The quantitative estimate of drug-likeness (QED) is 0.895. The van der Waals surface area contributed by atoms with Gasteiger partial charge in [0.15, 0.2) is 0 Å². The second-order valence-corrected chi connectivity index (χ2v) is 4.39. The lowest BCUT2D eigenvalue weighted by atomic mass is 10.2. The minimum Gasteiger partial charge on any atom is -0.478 e. The van der Waals surface area contributed by atoms with Gasteiger partial charge in [0.2, 0.25) is 5.88 Å². The molecule has 2 aromatic rings. The Morgan fingerprint density at radius 1 is 1.32 bits per heavy atom. The molecule has 19 heavy (non-hydrogen) atoms. The lowest BCUT2D eigenvalue weighted by molar-refractivity contribution is 0.325. The van der Waals surface area contributed by atoms with Crippen LogP contribution in [0.2, 0.25) is 0 Å². The van der Waals surface area contributed by atoms with E-state index in [0.717, 1.165) is 17.3 Å². The molecule has 2 rings (SSSR count). The number of aryl methyl sites for hydroxylation is 2. The van der Waals surface area contributed by atoms with E-state index in [1.807, 2.05) is 39.8 Å². The number of furan rings is 1. The molecule has 0 saturated carbocycles. The molecule has 0 aliphatic rings. The van der Waals surface area contributed by atoms with Crippen molar-refractivity contribution >= 4 is 5.82 Å². The maximum atomic E-state index is 5.59. The predicted molar refractivity (Wildman–Crippen MR) is 73.4 cm³/mol. The van der Waals surface area contributed by atoms with E-state index in [1.54, 1.807) is 6.07 Å². The van der Waals surface area contributed by atoms with Gasteiger partial charge in [-0.25, -0.2) is 4.98 Å². The van der Waals surface area contributed by atoms with Crippen LogP contribution in [0.5, 0.6) is 5.88 Å². The van der Waals surface area contributed by atoms with Gasteiger partial charge in [-0.3, -0.25) is 0 Å². The van der Waals surface area contributed by atoms with Gasteiger partial charge in [-0.15, -0.1) is 0 Å². The Balaban J connectivity index is 2.14. The highest BCUT2D eigenvalue weighted by atomic mass is 16.5. The first-order chi connectivity index (χ1) is 9.08. The van der Waals surface area contributed by atoms with E-state index >= 15 is 0 Å². The minimum absolute atomic E-state index is 0.0393. The molecule has 0 spiro atoms. The SMILES string of the molecule is CCOc1cc(NC(C)c2ccc(C)o2)nc(C)n1. The summed E-state index contributed by atoms with van der Waals surface area (Å²) in [5, 5.41) is 3.29. The van der Waals surface area contributed by atoms with E-state index in [9.17, 15) is 0 Å². The fourth-order valence-corrected chi connectivity index (χ4v) is 1.82. The molecule has 2 aromatic heterocycles. The highest BCUT2D eigenvalue weighted by molar-refractivity contribution is 5.40. The van der Waals surface area contributed by atoms with Gasteiger partial charge in [0.25, 0.3) is 0 Å². The summed E-state index contributed by atoms with van der Waals surface area (Å²) in [6.45, 7) is 8.31. The minimum atomic E-state index is 0.0393. The van der Waals surface area contributed by atoms with Crippen molar-refractivity contribution < 1.29 is 9.15 Å². The van der Waals surface area contributed by atoms with Crippen LogP contribution in [0.15, 0.2) is 22.6 Å². The summed E-state index contributed by atoms with van der Waals surface area (Å²) >= 11 is 0. The average Bonchev–Trinajstić information content (AvgIpc) is 2.75. The first-order valence-electron chi connectivity index (χ1n) is 6.40. The predicted octanol–water partition coefficient (Wildman–Crippen LogP) is 3.26. The molecule has 0 fully saturated rings. The van der Waals surface area contributed by atoms with Crippen LogP contribution in [0.3, 0.4) is 0 Å². The van der Waals surface area contributed by atoms with Crippen molar-refractivity contribution in [1.29, 1.82) is 0 Å². The monoisotopic (exact) mass is 261 g/mol.